The highest BCUT2D eigenvalue weighted by Crippen LogP contribution is 2.47. The summed E-state index contributed by atoms with van der Waals surface area (Å²) in [7, 11) is 0. The van der Waals surface area contributed by atoms with E-state index in [0.29, 0.717) is 44.1 Å². The van der Waals surface area contributed by atoms with Gasteiger partial charge >= 0.3 is 0 Å². The van der Waals surface area contributed by atoms with Crippen LogP contribution < -0.4 is 10.0 Å². The number of likely N-dealkylation sites (tertiary alicyclic amines) is 1. The monoisotopic (exact) mass is 463 g/mol. The second-order valence-corrected chi connectivity index (χ2v) is 11.9. The maximum Gasteiger partial charge on any atom is 0.255 e. The van der Waals surface area contributed by atoms with E-state index in [0.717, 1.165) is 44.9 Å². The minimum absolute atomic E-state index is 0.0805. The third kappa shape index (κ3) is 6.52. The highest BCUT2D eigenvalue weighted by atomic mass is 32.2. The second kappa shape index (κ2) is 10.6. The zero-order chi connectivity index (χ0) is 23.4. The first-order valence-corrected chi connectivity index (χ1v) is 13.2. The minimum Gasteiger partial charge on any atom is -0.340 e. The maximum absolute atomic E-state index is 13.1. The molecule has 7 heteroatoms. The molecule has 2 saturated carbocycles. The zero-order valence-electron chi connectivity index (χ0n) is 20.1. The van der Waals surface area contributed by atoms with Crippen molar-refractivity contribution in [2.45, 2.75) is 108 Å². The van der Waals surface area contributed by atoms with Gasteiger partial charge in [-0.05, 0) is 88.5 Å². The molecule has 0 aromatic carbocycles. The van der Waals surface area contributed by atoms with E-state index in [2.05, 4.69) is 37.4 Å². The Labute approximate surface area is 197 Å². The molecular formula is C25H41N3O3S. The molecule has 32 heavy (non-hydrogen) atoms. The Bertz CT molecular complexity index is 717. The van der Waals surface area contributed by atoms with Crippen molar-refractivity contribution in [1.29, 1.82) is 0 Å². The van der Waals surface area contributed by atoms with Crippen LogP contribution in [0.25, 0.3) is 0 Å². The molecule has 0 radical (unpaired) electrons. The largest absolute Gasteiger partial charge is 0.340 e. The maximum atomic E-state index is 13.1. The number of amides is 3. The fourth-order valence-electron chi connectivity index (χ4n) is 4.58. The SMILES string of the molecule is C=CCCC(C)CC(CC)CC(=O)N1CCCC1C(=O)NC1(C(=O)NSC2(C)CC2)CC1. The number of hydrogen-bond acceptors (Lipinski definition) is 4. The van der Waals surface area contributed by atoms with Crippen LogP contribution in [0.2, 0.25) is 0 Å². The van der Waals surface area contributed by atoms with Gasteiger partial charge in [0.15, 0.2) is 0 Å². The number of hydrogen-bond donors (Lipinski definition) is 2. The summed E-state index contributed by atoms with van der Waals surface area (Å²) in [5.41, 5.74) is -0.779. The molecule has 3 rings (SSSR count). The summed E-state index contributed by atoms with van der Waals surface area (Å²) >= 11 is 1.48. The van der Waals surface area contributed by atoms with E-state index in [1.54, 1.807) is 4.90 Å². The van der Waals surface area contributed by atoms with Crippen molar-refractivity contribution >= 4 is 29.7 Å². The van der Waals surface area contributed by atoms with Crippen molar-refractivity contribution in [2.24, 2.45) is 11.8 Å². The Morgan fingerprint density at radius 1 is 1.25 bits per heavy atom. The van der Waals surface area contributed by atoms with Crippen LogP contribution in [0, 0.1) is 11.8 Å². The van der Waals surface area contributed by atoms with Crippen LogP contribution in [0.1, 0.15) is 91.4 Å². The highest BCUT2D eigenvalue weighted by Gasteiger charge is 2.53. The number of carbonyl (C=O) groups excluding carboxylic acids is 3. The third-order valence-electron chi connectivity index (χ3n) is 7.41. The topological polar surface area (TPSA) is 78.5 Å². The molecule has 1 aliphatic heterocycles. The van der Waals surface area contributed by atoms with Crippen molar-refractivity contribution in [3.05, 3.63) is 12.7 Å². The molecule has 1 saturated heterocycles. The van der Waals surface area contributed by atoms with Gasteiger partial charge in [-0.3, -0.25) is 19.1 Å². The molecule has 3 unspecified atom stereocenters. The smallest absolute Gasteiger partial charge is 0.255 e. The third-order valence-corrected chi connectivity index (χ3v) is 8.60. The highest BCUT2D eigenvalue weighted by molar-refractivity contribution is 7.99. The van der Waals surface area contributed by atoms with Gasteiger partial charge in [-0.25, -0.2) is 0 Å². The van der Waals surface area contributed by atoms with Crippen molar-refractivity contribution in [3.63, 3.8) is 0 Å². The zero-order valence-corrected chi connectivity index (χ0v) is 20.9. The molecular weight excluding hydrogens is 422 g/mol. The summed E-state index contributed by atoms with van der Waals surface area (Å²) in [5.74, 6) is 0.718. The van der Waals surface area contributed by atoms with Crippen LogP contribution in [-0.2, 0) is 14.4 Å². The molecule has 3 atom stereocenters. The van der Waals surface area contributed by atoms with Gasteiger partial charge in [-0.1, -0.05) is 26.3 Å². The Hall–Kier alpha value is -1.50. The Morgan fingerprint density at radius 2 is 1.97 bits per heavy atom. The van der Waals surface area contributed by atoms with Crippen molar-refractivity contribution in [1.82, 2.24) is 14.9 Å². The van der Waals surface area contributed by atoms with Crippen molar-refractivity contribution in [2.75, 3.05) is 6.54 Å². The van der Waals surface area contributed by atoms with Gasteiger partial charge in [-0.15, -0.1) is 6.58 Å². The standard InChI is InChI=1S/C25H41N3O3S/c1-5-7-9-18(3)16-19(6-2)17-21(29)28-15-8-10-20(28)22(30)26-25(13-14-25)23(31)27-32-24(4)11-12-24/h5,18-20H,1,6-17H2,2-4H3,(H,26,30)(H,27,31). The molecule has 3 aliphatic rings. The lowest BCUT2D eigenvalue weighted by Crippen LogP contribution is -2.54. The average molecular weight is 464 g/mol. The van der Waals surface area contributed by atoms with E-state index in [9.17, 15) is 14.4 Å². The quantitative estimate of drug-likeness (QED) is 0.314. The van der Waals surface area contributed by atoms with E-state index < -0.39 is 11.6 Å². The van der Waals surface area contributed by atoms with Crippen LogP contribution in [-0.4, -0.2) is 45.5 Å². The van der Waals surface area contributed by atoms with Gasteiger partial charge < -0.3 is 10.2 Å². The normalized spacial score (nSPS) is 24.3. The summed E-state index contributed by atoms with van der Waals surface area (Å²) in [6.45, 7) is 11.0. The van der Waals surface area contributed by atoms with Crippen LogP contribution >= 0.6 is 11.9 Å². The van der Waals surface area contributed by atoms with Gasteiger partial charge in [0.1, 0.15) is 11.6 Å². The predicted octanol–water partition coefficient (Wildman–Crippen LogP) is 4.35. The molecule has 1 heterocycles. The summed E-state index contributed by atoms with van der Waals surface area (Å²) in [4.78, 5) is 40.7. The summed E-state index contributed by atoms with van der Waals surface area (Å²) < 4.78 is 3.12. The first-order chi connectivity index (χ1) is 15.2. The molecule has 2 aliphatic carbocycles. The summed E-state index contributed by atoms with van der Waals surface area (Å²) in [6, 6.07) is -0.447. The molecule has 3 fully saturated rings. The number of nitrogens with zero attached hydrogens (tertiary/aromatic N) is 1. The Morgan fingerprint density at radius 3 is 2.56 bits per heavy atom. The summed E-state index contributed by atoms with van der Waals surface area (Å²) in [6.07, 6.45) is 11.6. The van der Waals surface area contributed by atoms with Gasteiger partial charge in [0.25, 0.3) is 5.91 Å². The lowest BCUT2D eigenvalue weighted by atomic mass is 9.88. The molecule has 0 spiro atoms. The van der Waals surface area contributed by atoms with E-state index in [1.807, 2.05) is 6.08 Å². The molecule has 0 aromatic rings. The van der Waals surface area contributed by atoms with Crippen molar-refractivity contribution in [3.8, 4) is 0 Å². The van der Waals surface area contributed by atoms with Gasteiger partial charge in [0.2, 0.25) is 11.8 Å². The van der Waals surface area contributed by atoms with Crippen LogP contribution in [0.3, 0.4) is 0 Å². The molecule has 0 bridgehead atoms. The van der Waals surface area contributed by atoms with Crippen LogP contribution in [0.15, 0.2) is 12.7 Å². The minimum atomic E-state index is -0.779. The molecule has 0 aromatic heterocycles. The fraction of sp³-hybridized carbons (Fsp3) is 0.800. The van der Waals surface area contributed by atoms with Gasteiger partial charge in [0.05, 0.1) is 0 Å². The number of allylic oxidation sites excluding steroid dienone is 1. The average Bonchev–Trinajstić information content (AvgIpc) is 3.66. The van der Waals surface area contributed by atoms with E-state index in [-0.39, 0.29) is 22.5 Å². The molecule has 6 nitrogen and oxygen atoms in total. The fourth-order valence-corrected chi connectivity index (χ4v) is 5.42. The van der Waals surface area contributed by atoms with Crippen LogP contribution in [0.5, 0.6) is 0 Å². The van der Waals surface area contributed by atoms with Gasteiger partial charge in [0, 0.05) is 17.7 Å². The molecule has 3 amide bonds. The number of carbonyl (C=O) groups is 3. The first kappa shape index (κ1) is 25.1. The number of nitrogens with one attached hydrogen (secondary N) is 2. The second-order valence-electron chi connectivity index (χ2n) is 10.5. The van der Waals surface area contributed by atoms with E-state index in [4.69, 9.17) is 0 Å². The molecule has 180 valence electrons. The van der Waals surface area contributed by atoms with Crippen LogP contribution in [0.4, 0.5) is 0 Å². The first-order valence-electron chi connectivity index (χ1n) is 12.4. The van der Waals surface area contributed by atoms with E-state index in [1.165, 1.54) is 11.9 Å². The lowest BCUT2D eigenvalue weighted by molar-refractivity contribution is -0.140. The van der Waals surface area contributed by atoms with E-state index >= 15 is 0 Å². The predicted molar refractivity (Wildman–Crippen MR) is 130 cm³/mol. The molecule has 2 N–H and O–H groups in total. The summed E-state index contributed by atoms with van der Waals surface area (Å²) in [5, 5.41) is 3.01. The number of rotatable bonds is 13. The van der Waals surface area contributed by atoms with Gasteiger partial charge in [-0.2, -0.15) is 0 Å². The Kier molecular flexibility index (Phi) is 8.34. The lowest BCUT2D eigenvalue weighted by Gasteiger charge is -2.28. The Balaban J connectivity index is 1.51. The van der Waals surface area contributed by atoms with Crippen molar-refractivity contribution < 1.29 is 14.4 Å².